The van der Waals surface area contributed by atoms with Crippen molar-refractivity contribution in [2.45, 2.75) is 27.3 Å². The molecule has 3 aromatic carbocycles. The number of hydrogen-bond acceptors (Lipinski definition) is 5. The number of esters is 1. The van der Waals surface area contributed by atoms with Crippen molar-refractivity contribution < 1.29 is 14.3 Å². The third kappa shape index (κ3) is 4.89. The normalized spacial score (nSPS) is 15.7. The highest BCUT2D eigenvalue weighted by Gasteiger charge is 2.33. The summed E-state index contributed by atoms with van der Waals surface area (Å²) < 4.78 is 7.14. The number of amidine groups is 1. The van der Waals surface area contributed by atoms with Crippen molar-refractivity contribution in [3.63, 3.8) is 0 Å². The summed E-state index contributed by atoms with van der Waals surface area (Å²) in [5.74, 6) is -0.497. The molecule has 0 N–H and O–H groups in total. The minimum atomic E-state index is -0.423. The van der Waals surface area contributed by atoms with Crippen LogP contribution in [0.1, 0.15) is 39.7 Å². The molecule has 1 aliphatic heterocycles. The fraction of sp³-hybridized carbons (Fsp3) is 0.194. The molecule has 0 saturated carbocycles. The number of hydrogen-bond donors (Lipinski definition) is 0. The number of para-hydroxylation sites is 1. The monoisotopic (exact) mass is 523 g/mol. The average molecular weight is 524 g/mol. The molecule has 2 heterocycles. The molecule has 0 bridgehead atoms. The summed E-state index contributed by atoms with van der Waals surface area (Å²) in [6.07, 6.45) is 1.99. The summed E-state index contributed by atoms with van der Waals surface area (Å²) >= 11 is 1.36. The molecule has 0 spiro atoms. The predicted molar refractivity (Wildman–Crippen MR) is 155 cm³/mol. The van der Waals surface area contributed by atoms with Gasteiger partial charge >= 0.3 is 5.97 Å². The minimum Gasteiger partial charge on any atom is -0.465 e. The fourth-order valence-electron chi connectivity index (χ4n) is 4.77. The van der Waals surface area contributed by atoms with E-state index in [4.69, 9.17) is 9.73 Å². The maximum atomic E-state index is 13.4. The summed E-state index contributed by atoms with van der Waals surface area (Å²) in [6, 6.07) is 23.8. The first-order chi connectivity index (χ1) is 18.4. The van der Waals surface area contributed by atoms with Gasteiger partial charge in [0.2, 0.25) is 0 Å². The molecule has 0 aliphatic carbocycles. The van der Waals surface area contributed by atoms with Gasteiger partial charge in [-0.1, -0.05) is 54.1 Å². The highest BCUT2D eigenvalue weighted by atomic mass is 32.2. The lowest BCUT2D eigenvalue weighted by Gasteiger charge is -2.12. The lowest BCUT2D eigenvalue weighted by atomic mass is 10.1. The van der Waals surface area contributed by atoms with Crippen LogP contribution in [0.2, 0.25) is 0 Å². The van der Waals surface area contributed by atoms with Crippen LogP contribution in [-0.4, -0.2) is 40.2 Å². The second-order valence-electron chi connectivity index (χ2n) is 9.19. The first kappa shape index (κ1) is 25.5. The van der Waals surface area contributed by atoms with Gasteiger partial charge in [-0.2, -0.15) is 0 Å². The van der Waals surface area contributed by atoms with Crippen LogP contribution in [-0.2, 0) is 16.1 Å². The second kappa shape index (κ2) is 10.7. The summed E-state index contributed by atoms with van der Waals surface area (Å²) in [5, 5.41) is 1.70. The molecule has 38 heavy (non-hydrogen) atoms. The van der Waals surface area contributed by atoms with Crippen LogP contribution >= 0.6 is 11.8 Å². The quantitative estimate of drug-likeness (QED) is 0.208. The predicted octanol–water partition coefficient (Wildman–Crippen LogP) is 6.72. The van der Waals surface area contributed by atoms with Crippen LogP contribution in [0.15, 0.2) is 82.7 Å². The number of methoxy groups -OCH3 is 1. The van der Waals surface area contributed by atoms with Crippen LogP contribution in [0.5, 0.6) is 0 Å². The Bertz CT molecular complexity index is 1620. The second-order valence-corrected chi connectivity index (χ2v) is 10.2. The van der Waals surface area contributed by atoms with E-state index in [2.05, 4.69) is 54.8 Å². The number of likely N-dealkylation sites (N-methyl/N-ethyl adjacent to an activating group) is 1. The van der Waals surface area contributed by atoms with Gasteiger partial charge in [0.05, 0.1) is 23.3 Å². The van der Waals surface area contributed by atoms with Crippen molar-refractivity contribution in [2.24, 2.45) is 4.99 Å². The summed E-state index contributed by atoms with van der Waals surface area (Å²) in [7, 11) is 1.35. The molecular weight excluding hydrogens is 494 g/mol. The summed E-state index contributed by atoms with van der Waals surface area (Å²) in [4.78, 5) is 32.4. The standard InChI is InChI=1S/C31H29N3O3S/c1-5-33-29(35)28(38-31(33)32-24-13-9-12-23(17-24)30(36)37-4)18-26-21(3)34(27-15-7-6-14-25(26)27)19-22-11-8-10-20(2)16-22/h6-18H,5,19H2,1-4H3. The molecule has 1 saturated heterocycles. The van der Waals surface area contributed by atoms with E-state index < -0.39 is 5.97 Å². The van der Waals surface area contributed by atoms with Crippen LogP contribution in [0.25, 0.3) is 17.0 Å². The largest absolute Gasteiger partial charge is 0.465 e. The Morgan fingerprint density at radius 1 is 1.03 bits per heavy atom. The average Bonchev–Trinajstić information content (AvgIpc) is 3.36. The van der Waals surface area contributed by atoms with E-state index in [0.717, 1.165) is 28.7 Å². The van der Waals surface area contributed by atoms with Crippen molar-refractivity contribution in [3.8, 4) is 0 Å². The number of amides is 1. The number of rotatable bonds is 6. The Labute approximate surface area is 226 Å². The smallest absolute Gasteiger partial charge is 0.337 e. The first-order valence-electron chi connectivity index (χ1n) is 12.5. The summed E-state index contributed by atoms with van der Waals surface area (Å²) in [6.45, 7) is 7.39. The van der Waals surface area contributed by atoms with Gasteiger partial charge in [-0.3, -0.25) is 9.69 Å². The molecule has 7 heteroatoms. The highest BCUT2D eigenvalue weighted by molar-refractivity contribution is 8.18. The number of thioether (sulfide) groups is 1. The van der Waals surface area contributed by atoms with Crippen molar-refractivity contribution in [2.75, 3.05) is 13.7 Å². The van der Waals surface area contributed by atoms with E-state index in [1.165, 1.54) is 30.0 Å². The van der Waals surface area contributed by atoms with Gasteiger partial charge in [0, 0.05) is 35.2 Å². The van der Waals surface area contributed by atoms with E-state index in [1.807, 2.05) is 31.2 Å². The number of aromatic nitrogens is 1. The Balaban J connectivity index is 1.54. The Morgan fingerprint density at radius 3 is 2.58 bits per heavy atom. The number of fused-ring (bicyclic) bond motifs is 1. The molecule has 5 rings (SSSR count). The Kier molecular flexibility index (Phi) is 7.20. The van der Waals surface area contributed by atoms with E-state index in [1.54, 1.807) is 23.1 Å². The van der Waals surface area contributed by atoms with Gasteiger partial charge in [-0.25, -0.2) is 9.79 Å². The fourth-order valence-corrected chi connectivity index (χ4v) is 5.81. The zero-order chi connectivity index (χ0) is 26.8. The molecule has 0 unspecified atom stereocenters. The van der Waals surface area contributed by atoms with E-state index in [9.17, 15) is 9.59 Å². The molecule has 4 aromatic rings. The molecular formula is C31H29N3O3S. The summed E-state index contributed by atoms with van der Waals surface area (Å²) in [5.41, 5.74) is 6.75. The van der Waals surface area contributed by atoms with Gasteiger partial charge in [-0.05, 0) is 68.4 Å². The number of ether oxygens (including phenoxy) is 1. The Hall–Kier alpha value is -4.10. The molecule has 1 aliphatic rings. The number of aryl methyl sites for hydroxylation is 1. The number of nitrogens with zero attached hydrogens (tertiary/aromatic N) is 3. The van der Waals surface area contributed by atoms with Gasteiger partial charge in [0.15, 0.2) is 5.17 Å². The first-order valence-corrected chi connectivity index (χ1v) is 13.3. The lowest BCUT2D eigenvalue weighted by Crippen LogP contribution is -2.28. The Morgan fingerprint density at radius 2 is 1.82 bits per heavy atom. The number of carbonyl (C=O) groups excluding carboxylic acids is 2. The molecule has 6 nitrogen and oxygen atoms in total. The van der Waals surface area contributed by atoms with E-state index in [0.29, 0.717) is 27.9 Å². The number of benzene rings is 3. The molecule has 0 atom stereocenters. The van der Waals surface area contributed by atoms with Crippen LogP contribution in [0.4, 0.5) is 5.69 Å². The van der Waals surface area contributed by atoms with E-state index in [-0.39, 0.29) is 5.91 Å². The number of carbonyl (C=O) groups is 2. The molecule has 0 radical (unpaired) electrons. The van der Waals surface area contributed by atoms with Gasteiger partial charge in [-0.15, -0.1) is 0 Å². The molecule has 1 amide bonds. The zero-order valence-electron chi connectivity index (χ0n) is 21.9. The van der Waals surface area contributed by atoms with Crippen LogP contribution in [0.3, 0.4) is 0 Å². The maximum Gasteiger partial charge on any atom is 0.337 e. The van der Waals surface area contributed by atoms with Crippen molar-refractivity contribution in [1.82, 2.24) is 9.47 Å². The van der Waals surface area contributed by atoms with Crippen molar-refractivity contribution >= 4 is 51.5 Å². The minimum absolute atomic E-state index is 0.0738. The SMILES string of the molecule is CCN1C(=O)C(=Cc2c(C)n(Cc3cccc(C)c3)c3ccccc23)SC1=Nc1cccc(C(=O)OC)c1. The topological polar surface area (TPSA) is 63.9 Å². The maximum absolute atomic E-state index is 13.4. The third-order valence-corrected chi connectivity index (χ3v) is 7.68. The molecule has 1 aromatic heterocycles. The third-order valence-electron chi connectivity index (χ3n) is 6.67. The molecule has 1 fully saturated rings. The van der Waals surface area contributed by atoms with Crippen LogP contribution in [0, 0.1) is 13.8 Å². The van der Waals surface area contributed by atoms with Crippen molar-refractivity contribution in [3.05, 3.63) is 106 Å². The van der Waals surface area contributed by atoms with E-state index >= 15 is 0 Å². The van der Waals surface area contributed by atoms with Crippen LogP contribution < -0.4 is 0 Å². The zero-order valence-corrected chi connectivity index (χ0v) is 22.7. The van der Waals surface area contributed by atoms with Crippen molar-refractivity contribution in [1.29, 1.82) is 0 Å². The van der Waals surface area contributed by atoms with Gasteiger partial charge in [0.25, 0.3) is 5.91 Å². The van der Waals surface area contributed by atoms with Gasteiger partial charge in [0.1, 0.15) is 0 Å². The lowest BCUT2D eigenvalue weighted by molar-refractivity contribution is -0.122. The number of aliphatic imine (C=N–C) groups is 1. The van der Waals surface area contributed by atoms with Gasteiger partial charge < -0.3 is 9.30 Å². The molecule has 192 valence electrons. The highest BCUT2D eigenvalue weighted by Crippen LogP contribution is 2.37.